The summed E-state index contributed by atoms with van der Waals surface area (Å²) in [5.41, 5.74) is 1.40. The number of hydrogen-bond acceptors (Lipinski definition) is 3. The normalized spacial score (nSPS) is 11.8. The van der Waals surface area contributed by atoms with Gasteiger partial charge < -0.3 is 4.57 Å². The topological polar surface area (TPSA) is 47.2 Å². The van der Waals surface area contributed by atoms with Crippen LogP contribution in [0.3, 0.4) is 0 Å². The summed E-state index contributed by atoms with van der Waals surface area (Å²) in [5, 5.41) is 1.89. The van der Waals surface area contributed by atoms with E-state index in [4.69, 9.17) is 0 Å². The van der Waals surface area contributed by atoms with Crippen molar-refractivity contribution in [1.82, 2.24) is 9.55 Å². The molecular weight excluding hydrogens is 222 g/mol. The van der Waals surface area contributed by atoms with Crippen LogP contribution in [0.15, 0.2) is 34.9 Å². The van der Waals surface area contributed by atoms with Gasteiger partial charge in [0.05, 0.1) is 5.56 Å². The molecule has 4 nitrogen and oxygen atoms in total. The fraction of sp³-hybridized carbons (Fsp3) is 0.182. The second-order valence-corrected chi connectivity index (χ2v) is 4.27. The van der Waals surface area contributed by atoms with Gasteiger partial charge in [-0.2, -0.15) is 4.99 Å². The van der Waals surface area contributed by atoms with Gasteiger partial charge in [-0.15, -0.1) is 11.3 Å². The van der Waals surface area contributed by atoms with Gasteiger partial charge in [-0.05, 0) is 19.1 Å². The number of carbonyl (C=O) groups excluding carboxylic acids is 1. The lowest BCUT2D eigenvalue weighted by atomic mass is 10.2. The van der Waals surface area contributed by atoms with Gasteiger partial charge in [0, 0.05) is 30.5 Å². The highest BCUT2D eigenvalue weighted by atomic mass is 32.1. The molecule has 0 radical (unpaired) electrons. The lowest BCUT2D eigenvalue weighted by Gasteiger charge is -1.95. The molecule has 0 N–H and O–H groups in total. The molecule has 0 aliphatic rings. The van der Waals surface area contributed by atoms with Gasteiger partial charge in [-0.1, -0.05) is 0 Å². The molecule has 0 atom stereocenters. The van der Waals surface area contributed by atoms with Crippen LogP contribution < -0.4 is 4.80 Å². The predicted molar refractivity (Wildman–Crippen MR) is 62.2 cm³/mol. The molecule has 0 aliphatic heterocycles. The van der Waals surface area contributed by atoms with Crippen molar-refractivity contribution in [2.75, 3.05) is 0 Å². The number of pyridine rings is 1. The fourth-order valence-corrected chi connectivity index (χ4v) is 1.91. The molecule has 2 heterocycles. The Kier molecular flexibility index (Phi) is 2.96. The zero-order valence-corrected chi connectivity index (χ0v) is 9.86. The van der Waals surface area contributed by atoms with E-state index in [2.05, 4.69) is 9.98 Å². The number of amides is 1. The molecule has 0 saturated carbocycles. The standard InChI is InChI=1S/C11H11N3OS/c1-8-3-4-9(7-12-8)10(15)13-11-14(2)5-6-16-11/h3-7H,1-2H3. The predicted octanol–water partition coefficient (Wildman–Crippen LogP) is 1.53. The molecule has 0 aliphatic carbocycles. The third kappa shape index (κ3) is 2.25. The van der Waals surface area contributed by atoms with Gasteiger partial charge in [0.2, 0.25) is 0 Å². The Hall–Kier alpha value is -1.75. The monoisotopic (exact) mass is 233 g/mol. The maximum Gasteiger partial charge on any atom is 0.281 e. The van der Waals surface area contributed by atoms with Crippen LogP contribution in [0.25, 0.3) is 0 Å². The second kappa shape index (κ2) is 4.40. The first kappa shape index (κ1) is 10.8. The number of nitrogens with zero attached hydrogens (tertiary/aromatic N) is 3. The third-order valence-corrected chi connectivity index (χ3v) is 2.96. The van der Waals surface area contributed by atoms with Gasteiger partial charge >= 0.3 is 0 Å². The molecule has 2 aromatic heterocycles. The molecule has 1 amide bonds. The molecule has 16 heavy (non-hydrogen) atoms. The van der Waals surface area contributed by atoms with Crippen molar-refractivity contribution in [2.45, 2.75) is 6.92 Å². The van der Waals surface area contributed by atoms with Crippen molar-refractivity contribution in [3.05, 3.63) is 46.0 Å². The summed E-state index contributed by atoms with van der Waals surface area (Å²) in [4.78, 5) is 20.5. The van der Waals surface area contributed by atoms with Crippen LogP contribution in [0.5, 0.6) is 0 Å². The van der Waals surface area contributed by atoms with Crippen molar-refractivity contribution < 1.29 is 4.79 Å². The van der Waals surface area contributed by atoms with E-state index in [1.54, 1.807) is 18.3 Å². The van der Waals surface area contributed by atoms with E-state index in [0.29, 0.717) is 10.4 Å². The van der Waals surface area contributed by atoms with E-state index in [1.165, 1.54) is 11.3 Å². The highest BCUT2D eigenvalue weighted by Gasteiger charge is 2.04. The summed E-state index contributed by atoms with van der Waals surface area (Å²) in [7, 11) is 1.86. The summed E-state index contributed by atoms with van der Waals surface area (Å²) < 4.78 is 1.81. The van der Waals surface area contributed by atoms with Gasteiger partial charge in [0.25, 0.3) is 5.91 Å². The van der Waals surface area contributed by atoms with Crippen LogP contribution >= 0.6 is 11.3 Å². The first-order valence-electron chi connectivity index (χ1n) is 4.78. The molecule has 0 spiro atoms. The van der Waals surface area contributed by atoms with Gasteiger partial charge in [-0.25, -0.2) is 0 Å². The van der Waals surface area contributed by atoms with E-state index in [9.17, 15) is 4.79 Å². The minimum Gasteiger partial charge on any atom is -0.327 e. The molecule has 2 rings (SSSR count). The van der Waals surface area contributed by atoms with Gasteiger partial charge in [0.1, 0.15) is 0 Å². The van der Waals surface area contributed by atoms with Gasteiger partial charge in [-0.3, -0.25) is 9.78 Å². The summed E-state index contributed by atoms with van der Waals surface area (Å²) in [6, 6.07) is 3.54. The Morgan fingerprint density at radius 3 is 2.88 bits per heavy atom. The number of rotatable bonds is 1. The quantitative estimate of drug-likeness (QED) is 0.750. The molecule has 2 aromatic rings. The highest BCUT2D eigenvalue weighted by molar-refractivity contribution is 7.07. The van der Waals surface area contributed by atoms with Crippen LogP contribution in [0, 0.1) is 6.92 Å². The van der Waals surface area contributed by atoms with Crippen molar-refractivity contribution in [2.24, 2.45) is 12.0 Å². The van der Waals surface area contributed by atoms with Crippen LogP contribution in [0.2, 0.25) is 0 Å². The maximum atomic E-state index is 11.8. The largest absolute Gasteiger partial charge is 0.327 e. The molecular formula is C11H11N3OS. The molecule has 5 heteroatoms. The molecule has 0 aromatic carbocycles. The maximum absolute atomic E-state index is 11.8. The van der Waals surface area contributed by atoms with E-state index >= 15 is 0 Å². The Morgan fingerprint density at radius 1 is 1.50 bits per heavy atom. The van der Waals surface area contributed by atoms with Crippen LogP contribution in [-0.4, -0.2) is 15.5 Å². The van der Waals surface area contributed by atoms with E-state index in [0.717, 1.165) is 5.69 Å². The van der Waals surface area contributed by atoms with Crippen LogP contribution in [0.1, 0.15) is 16.1 Å². The number of aryl methyl sites for hydroxylation is 2. The summed E-state index contributed by atoms with van der Waals surface area (Å²) in [5.74, 6) is -0.259. The lowest BCUT2D eigenvalue weighted by Crippen LogP contribution is -2.12. The zero-order chi connectivity index (χ0) is 11.5. The van der Waals surface area contributed by atoms with Crippen molar-refractivity contribution >= 4 is 17.2 Å². The lowest BCUT2D eigenvalue weighted by molar-refractivity contribution is 0.0997. The van der Waals surface area contributed by atoms with Crippen molar-refractivity contribution in [3.8, 4) is 0 Å². The van der Waals surface area contributed by atoms with Crippen LogP contribution in [0.4, 0.5) is 0 Å². The Balaban J connectivity index is 2.34. The second-order valence-electron chi connectivity index (χ2n) is 3.40. The summed E-state index contributed by atoms with van der Waals surface area (Å²) in [6.07, 6.45) is 3.42. The average molecular weight is 233 g/mol. The van der Waals surface area contributed by atoms with Crippen molar-refractivity contribution in [1.29, 1.82) is 0 Å². The highest BCUT2D eigenvalue weighted by Crippen LogP contribution is 2.01. The zero-order valence-electron chi connectivity index (χ0n) is 9.04. The minimum absolute atomic E-state index is 0.259. The smallest absolute Gasteiger partial charge is 0.281 e. The first-order valence-corrected chi connectivity index (χ1v) is 5.66. The molecule has 0 fully saturated rings. The SMILES string of the molecule is Cc1ccc(C(=O)N=c2sccn2C)cn1. The first-order chi connectivity index (χ1) is 7.66. The summed E-state index contributed by atoms with van der Waals surface area (Å²) >= 11 is 1.43. The Labute approximate surface area is 96.9 Å². The number of carbonyl (C=O) groups is 1. The molecule has 0 unspecified atom stereocenters. The molecule has 0 bridgehead atoms. The third-order valence-electron chi connectivity index (χ3n) is 2.12. The number of aromatic nitrogens is 2. The van der Waals surface area contributed by atoms with Crippen molar-refractivity contribution in [3.63, 3.8) is 0 Å². The van der Waals surface area contributed by atoms with E-state index in [1.807, 2.05) is 30.1 Å². The molecule has 0 saturated heterocycles. The number of thiazole rings is 1. The van der Waals surface area contributed by atoms with E-state index in [-0.39, 0.29) is 5.91 Å². The van der Waals surface area contributed by atoms with E-state index < -0.39 is 0 Å². The fourth-order valence-electron chi connectivity index (χ4n) is 1.18. The van der Waals surface area contributed by atoms with Gasteiger partial charge in [0.15, 0.2) is 4.80 Å². The Morgan fingerprint density at radius 2 is 2.31 bits per heavy atom. The summed E-state index contributed by atoms with van der Waals surface area (Å²) in [6.45, 7) is 1.88. The Bertz CT molecular complexity index is 565. The number of hydrogen-bond donors (Lipinski definition) is 0. The minimum atomic E-state index is -0.259. The molecule has 82 valence electrons. The van der Waals surface area contributed by atoms with Crippen LogP contribution in [-0.2, 0) is 7.05 Å². The average Bonchev–Trinajstić information content (AvgIpc) is 2.65.